The summed E-state index contributed by atoms with van der Waals surface area (Å²) in [5.74, 6) is -0.576. The summed E-state index contributed by atoms with van der Waals surface area (Å²) in [5.41, 5.74) is -0.0683. The maximum Gasteiger partial charge on any atom is 0.261 e. The first kappa shape index (κ1) is 23.8. The molecule has 0 bridgehead atoms. The Morgan fingerprint density at radius 2 is 2.12 bits per heavy atom. The van der Waals surface area contributed by atoms with Crippen LogP contribution < -0.4 is 15.4 Å². The number of carbonyl (C=O) groups excluding carboxylic acids is 4. The molecule has 1 aromatic rings. The molecule has 178 valence electrons. The van der Waals surface area contributed by atoms with Crippen LogP contribution in [0.4, 0.5) is 0 Å². The van der Waals surface area contributed by atoms with Gasteiger partial charge < -0.3 is 25.1 Å². The SMILES string of the molecule is CC1(C)C2CN(C(=O)COc3ccc(Cl)cc3Cl)[C@@H](C(=O)N[C@H](C=O)C[C@@H]3CCNC3=O)C21. The number of nitrogens with zero attached hydrogens (tertiary/aromatic N) is 1. The predicted molar refractivity (Wildman–Crippen MR) is 122 cm³/mol. The van der Waals surface area contributed by atoms with E-state index in [0.717, 1.165) is 0 Å². The Kier molecular flexibility index (Phi) is 6.60. The zero-order valence-electron chi connectivity index (χ0n) is 18.5. The van der Waals surface area contributed by atoms with Crippen LogP contribution in [-0.2, 0) is 19.2 Å². The quantitative estimate of drug-likeness (QED) is 0.537. The van der Waals surface area contributed by atoms with Gasteiger partial charge in [-0.3, -0.25) is 14.4 Å². The van der Waals surface area contributed by atoms with Crippen LogP contribution in [0.3, 0.4) is 0 Å². The first-order valence-corrected chi connectivity index (χ1v) is 11.8. The normalized spacial score (nSPS) is 28.0. The molecular formula is C23H27Cl2N3O5. The second kappa shape index (κ2) is 9.14. The largest absolute Gasteiger partial charge is 0.482 e. The standard InChI is InChI=1S/C23H27Cl2N3O5/c1-23(2)15-9-28(18(30)11-33-17-4-3-13(24)8-16(17)25)20(19(15)23)22(32)27-14(10-29)7-12-5-6-26-21(12)31/h3-4,8,10,12,14-15,19-20H,5-7,9,11H2,1-2H3,(H,26,31)(H,27,32)/t12-,14-,15?,19?,20+/m0/s1. The van der Waals surface area contributed by atoms with Crippen LogP contribution in [0, 0.1) is 23.2 Å². The molecule has 2 N–H and O–H groups in total. The number of rotatable bonds is 8. The van der Waals surface area contributed by atoms with E-state index in [1.165, 1.54) is 11.0 Å². The lowest BCUT2D eigenvalue weighted by molar-refractivity contribution is -0.142. The van der Waals surface area contributed by atoms with Gasteiger partial charge in [0.1, 0.15) is 18.1 Å². The number of nitrogens with one attached hydrogen (secondary N) is 2. The topological polar surface area (TPSA) is 105 Å². The summed E-state index contributed by atoms with van der Waals surface area (Å²) in [6.45, 7) is 4.90. The maximum absolute atomic E-state index is 13.2. The zero-order chi connectivity index (χ0) is 23.9. The third-order valence-electron chi connectivity index (χ3n) is 7.24. The summed E-state index contributed by atoms with van der Waals surface area (Å²) in [4.78, 5) is 51.3. The summed E-state index contributed by atoms with van der Waals surface area (Å²) < 4.78 is 5.58. The molecule has 1 saturated carbocycles. The molecule has 0 aromatic heterocycles. The molecule has 4 rings (SSSR count). The van der Waals surface area contributed by atoms with E-state index in [0.29, 0.717) is 41.6 Å². The second-order valence-electron chi connectivity index (χ2n) is 9.57. The number of hydrogen-bond acceptors (Lipinski definition) is 5. The van der Waals surface area contributed by atoms with Crippen LogP contribution >= 0.6 is 23.2 Å². The van der Waals surface area contributed by atoms with E-state index in [2.05, 4.69) is 24.5 Å². The summed E-state index contributed by atoms with van der Waals surface area (Å²) in [7, 11) is 0. The van der Waals surface area contributed by atoms with Crippen LogP contribution in [0.5, 0.6) is 5.75 Å². The van der Waals surface area contributed by atoms with Crippen molar-refractivity contribution >= 4 is 47.2 Å². The Bertz CT molecular complexity index is 985. The van der Waals surface area contributed by atoms with E-state index in [4.69, 9.17) is 27.9 Å². The summed E-state index contributed by atoms with van der Waals surface area (Å²) in [5, 5.41) is 6.25. The van der Waals surface area contributed by atoms with E-state index in [1.54, 1.807) is 12.1 Å². The molecule has 8 nitrogen and oxygen atoms in total. The minimum absolute atomic E-state index is 0.00245. The molecule has 5 atom stereocenters. The highest BCUT2D eigenvalue weighted by Gasteiger charge is 2.69. The minimum atomic E-state index is -0.784. The summed E-state index contributed by atoms with van der Waals surface area (Å²) in [6, 6.07) is 3.24. The average Bonchev–Trinajstić information content (AvgIpc) is 3.12. The van der Waals surface area contributed by atoms with Crippen molar-refractivity contribution in [3.8, 4) is 5.75 Å². The van der Waals surface area contributed by atoms with Crippen LogP contribution in [0.2, 0.25) is 10.0 Å². The molecule has 3 amide bonds. The molecule has 1 aliphatic carbocycles. The number of hydrogen-bond donors (Lipinski definition) is 2. The number of benzene rings is 1. The summed E-state index contributed by atoms with van der Waals surface area (Å²) >= 11 is 12.0. The fraction of sp³-hybridized carbons (Fsp3) is 0.565. The molecule has 3 fully saturated rings. The predicted octanol–water partition coefficient (Wildman–Crippen LogP) is 2.07. The van der Waals surface area contributed by atoms with Gasteiger partial charge in [-0.05, 0) is 48.3 Å². The number of halogens is 2. The fourth-order valence-corrected chi connectivity index (χ4v) is 5.71. The number of piperidine rings is 1. The van der Waals surface area contributed by atoms with Gasteiger partial charge in [-0.25, -0.2) is 0 Å². The van der Waals surface area contributed by atoms with Crippen molar-refractivity contribution in [2.24, 2.45) is 23.2 Å². The third-order valence-corrected chi connectivity index (χ3v) is 7.77. The maximum atomic E-state index is 13.2. The van der Waals surface area contributed by atoms with Crippen LogP contribution in [-0.4, -0.2) is 60.7 Å². The molecule has 33 heavy (non-hydrogen) atoms. The van der Waals surface area contributed by atoms with Gasteiger partial charge in [-0.2, -0.15) is 0 Å². The lowest BCUT2D eigenvalue weighted by atomic mass is 9.97. The van der Waals surface area contributed by atoms with Crippen LogP contribution in [0.25, 0.3) is 0 Å². The Morgan fingerprint density at radius 1 is 1.36 bits per heavy atom. The summed E-state index contributed by atoms with van der Waals surface area (Å²) in [6.07, 6.45) is 1.54. The van der Waals surface area contributed by atoms with Gasteiger partial charge in [-0.15, -0.1) is 0 Å². The van der Waals surface area contributed by atoms with Gasteiger partial charge >= 0.3 is 0 Å². The van der Waals surface area contributed by atoms with Crippen molar-refractivity contribution in [1.82, 2.24) is 15.5 Å². The third kappa shape index (κ3) is 4.68. The lowest BCUT2D eigenvalue weighted by Crippen LogP contribution is -2.53. The Labute approximate surface area is 202 Å². The van der Waals surface area contributed by atoms with Crippen LogP contribution in [0.15, 0.2) is 18.2 Å². The molecule has 1 aromatic carbocycles. The minimum Gasteiger partial charge on any atom is -0.482 e. The number of carbonyl (C=O) groups is 4. The van der Waals surface area contributed by atoms with E-state index in [-0.39, 0.29) is 53.9 Å². The highest BCUT2D eigenvalue weighted by Crippen LogP contribution is 2.64. The van der Waals surface area contributed by atoms with Gasteiger partial charge in [0.2, 0.25) is 11.8 Å². The van der Waals surface area contributed by atoms with E-state index in [9.17, 15) is 19.2 Å². The number of ether oxygens (including phenoxy) is 1. The van der Waals surface area contributed by atoms with E-state index >= 15 is 0 Å². The molecule has 0 radical (unpaired) electrons. The molecule has 2 unspecified atom stereocenters. The molecule has 2 aliphatic heterocycles. The highest BCUT2D eigenvalue weighted by atomic mass is 35.5. The first-order chi connectivity index (χ1) is 15.6. The van der Waals surface area contributed by atoms with Crippen molar-refractivity contribution < 1.29 is 23.9 Å². The number of amides is 3. The molecular weight excluding hydrogens is 469 g/mol. The van der Waals surface area contributed by atoms with Gasteiger partial charge in [0.05, 0.1) is 11.1 Å². The van der Waals surface area contributed by atoms with E-state index in [1.807, 2.05) is 0 Å². The van der Waals surface area contributed by atoms with Crippen molar-refractivity contribution in [2.75, 3.05) is 19.7 Å². The van der Waals surface area contributed by atoms with Crippen LogP contribution in [0.1, 0.15) is 26.7 Å². The van der Waals surface area contributed by atoms with Gasteiger partial charge in [0.25, 0.3) is 5.91 Å². The molecule has 3 aliphatic rings. The lowest BCUT2D eigenvalue weighted by Gasteiger charge is -2.31. The highest BCUT2D eigenvalue weighted by molar-refractivity contribution is 6.35. The van der Waals surface area contributed by atoms with Crippen molar-refractivity contribution in [3.63, 3.8) is 0 Å². The number of likely N-dealkylation sites (tertiary alicyclic amines) is 1. The fourth-order valence-electron chi connectivity index (χ4n) is 5.25. The molecule has 2 heterocycles. The molecule has 10 heteroatoms. The molecule has 0 spiro atoms. The Morgan fingerprint density at radius 3 is 2.76 bits per heavy atom. The Balaban J connectivity index is 1.42. The van der Waals surface area contributed by atoms with Gasteiger partial charge in [-0.1, -0.05) is 37.0 Å². The van der Waals surface area contributed by atoms with Crippen molar-refractivity contribution in [2.45, 2.75) is 38.8 Å². The molecule has 2 saturated heterocycles. The zero-order valence-corrected chi connectivity index (χ0v) is 20.0. The smallest absolute Gasteiger partial charge is 0.261 e. The monoisotopic (exact) mass is 495 g/mol. The second-order valence-corrected chi connectivity index (χ2v) is 10.4. The van der Waals surface area contributed by atoms with Crippen molar-refractivity contribution in [1.29, 1.82) is 0 Å². The number of aldehydes is 1. The average molecular weight is 496 g/mol. The van der Waals surface area contributed by atoms with Crippen molar-refractivity contribution in [3.05, 3.63) is 28.2 Å². The van der Waals surface area contributed by atoms with E-state index < -0.39 is 12.1 Å². The van der Waals surface area contributed by atoms with Gasteiger partial charge in [0.15, 0.2) is 6.61 Å². The van der Waals surface area contributed by atoms with Gasteiger partial charge in [0, 0.05) is 24.0 Å². The number of fused-ring (bicyclic) bond motifs is 1. The Hall–Kier alpha value is -2.32. The first-order valence-electron chi connectivity index (χ1n) is 11.0.